The zero-order valence-corrected chi connectivity index (χ0v) is 22.9. The van der Waals surface area contributed by atoms with Crippen molar-refractivity contribution in [2.75, 3.05) is 31.2 Å². The predicted molar refractivity (Wildman–Crippen MR) is 149 cm³/mol. The van der Waals surface area contributed by atoms with Crippen molar-refractivity contribution in [1.82, 2.24) is 19.8 Å². The van der Waals surface area contributed by atoms with Gasteiger partial charge in [0.1, 0.15) is 5.82 Å². The van der Waals surface area contributed by atoms with E-state index in [-0.39, 0.29) is 17.9 Å². The summed E-state index contributed by atoms with van der Waals surface area (Å²) in [5, 5.41) is 3.71. The molecule has 1 aromatic carbocycles. The number of amides is 3. The van der Waals surface area contributed by atoms with Crippen LogP contribution in [0.1, 0.15) is 67.6 Å². The number of nitrogen functional groups attached to an aromatic ring is 1. The molecule has 2 unspecified atom stereocenters. The van der Waals surface area contributed by atoms with Gasteiger partial charge in [-0.05, 0) is 60.9 Å². The average molecular weight is 535 g/mol. The van der Waals surface area contributed by atoms with E-state index >= 15 is 0 Å². The molecule has 3 N–H and O–H groups in total. The van der Waals surface area contributed by atoms with Crippen molar-refractivity contribution < 1.29 is 14.4 Å². The van der Waals surface area contributed by atoms with E-state index in [0.717, 1.165) is 52.2 Å². The van der Waals surface area contributed by atoms with Crippen molar-refractivity contribution in [3.8, 4) is 0 Å². The number of carbonyl (C=O) groups excluding carboxylic acids is 3. The van der Waals surface area contributed by atoms with E-state index in [1.807, 2.05) is 26.1 Å². The van der Waals surface area contributed by atoms with Crippen molar-refractivity contribution in [3.05, 3.63) is 46.6 Å². The van der Waals surface area contributed by atoms with Crippen molar-refractivity contribution in [2.45, 2.75) is 57.9 Å². The van der Waals surface area contributed by atoms with Gasteiger partial charge in [0.05, 0.1) is 33.2 Å². The number of benzene rings is 1. The van der Waals surface area contributed by atoms with Crippen LogP contribution >= 0.6 is 11.3 Å². The summed E-state index contributed by atoms with van der Waals surface area (Å²) in [4.78, 5) is 51.1. The SMILES string of the molecule is CCc1cc(NC(=O)C(=O)N2C[C@@H](C)CCC2c2ccc3sc(C4CCN(C)C(=O)C4)nc3c2)cnc1N. The number of likely N-dealkylation sites (tertiary alicyclic amines) is 2. The number of nitrogens with zero attached hydrogens (tertiary/aromatic N) is 4. The molecule has 2 aliphatic rings. The van der Waals surface area contributed by atoms with Crippen LogP contribution in [0.25, 0.3) is 10.2 Å². The highest BCUT2D eigenvalue weighted by molar-refractivity contribution is 7.18. The highest BCUT2D eigenvalue weighted by Gasteiger charge is 2.35. The van der Waals surface area contributed by atoms with E-state index < -0.39 is 11.8 Å². The molecule has 2 aromatic heterocycles. The minimum Gasteiger partial charge on any atom is -0.383 e. The Morgan fingerprint density at radius 1 is 1.21 bits per heavy atom. The number of aryl methyl sites for hydroxylation is 1. The molecule has 5 rings (SSSR count). The fourth-order valence-corrected chi connectivity index (χ4v) is 6.49. The van der Waals surface area contributed by atoms with Gasteiger partial charge >= 0.3 is 11.8 Å². The van der Waals surface area contributed by atoms with Crippen molar-refractivity contribution in [2.24, 2.45) is 5.92 Å². The molecule has 0 aliphatic carbocycles. The minimum atomic E-state index is -0.679. The van der Waals surface area contributed by atoms with Gasteiger partial charge < -0.3 is 20.9 Å². The topological polar surface area (TPSA) is 122 Å². The van der Waals surface area contributed by atoms with Crippen LogP contribution < -0.4 is 11.1 Å². The number of thiazole rings is 1. The van der Waals surface area contributed by atoms with Crippen molar-refractivity contribution >= 4 is 50.8 Å². The number of anilines is 2. The van der Waals surface area contributed by atoms with Gasteiger partial charge in [-0.1, -0.05) is 19.9 Å². The highest BCUT2D eigenvalue weighted by atomic mass is 32.1. The van der Waals surface area contributed by atoms with Crippen LogP contribution in [0.4, 0.5) is 11.5 Å². The molecule has 0 bridgehead atoms. The Kier molecular flexibility index (Phi) is 7.34. The van der Waals surface area contributed by atoms with E-state index in [1.54, 1.807) is 27.2 Å². The Bertz CT molecular complexity index is 1390. The van der Waals surface area contributed by atoms with Crippen molar-refractivity contribution in [1.29, 1.82) is 0 Å². The number of nitrogens with two attached hydrogens (primary N) is 1. The molecule has 38 heavy (non-hydrogen) atoms. The second kappa shape index (κ2) is 10.7. The maximum absolute atomic E-state index is 13.4. The van der Waals surface area contributed by atoms with E-state index in [1.165, 1.54) is 6.20 Å². The molecule has 9 nitrogen and oxygen atoms in total. The molecule has 10 heteroatoms. The minimum absolute atomic E-state index is 0.146. The fraction of sp³-hybridized carbons (Fsp3) is 0.464. The second-order valence-electron chi connectivity index (χ2n) is 10.5. The smallest absolute Gasteiger partial charge is 0.313 e. The Morgan fingerprint density at radius 2 is 2.03 bits per heavy atom. The Morgan fingerprint density at radius 3 is 2.79 bits per heavy atom. The molecule has 2 fully saturated rings. The average Bonchev–Trinajstić information content (AvgIpc) is 3.34. The predicted octanol–water partition coefficient (Wildman–Crippen LogP) is 4.11. The summed E-state index contributed by atoms with van der Waals surface area (Å²) in [6.45, 7) is 5.31. The number of hydrogen-bond acceptors (Lipinski definition) is 7. The van der Waals surface area contributed by atoms with Crippen LogP contribution in [0.2, 0.25) is 0 Å². The van der Waals surface area contributed by atoms with Crippen LogP contribution in [-0.2, 0) is 20.8 Å². The molecule has 3 aromatic rings. The number of pyridine rings is 1. The van der Waals surface area contributed by atoms with E-state index in [0.29, 0.717) is 36.8 Å². The molecule has 0 saturated carbocycles. The third kappa shape index (κ3) is 5.22. The maximum Gasteiger partial charge on any atom is 0.313 e. The number of nitrogens with one attached hydrogen (secondary N) is 1. The van der Waals surface area contributed by atoms with Crippen LogP contribution in [0.5, 0.6) is 0 Å². The molecule has 2 saturated heterocycles. The molecular weight excluding hydrogens is 500 g/mol. The molecule has 3 amide bonds. The first-order valence-corrected chi connectivity index (χ1v) is 14.1. The molecule has 2 aliphatic heterocycles. The summed E-state index contributed by atoms with van der Waals surface area (Å²) in [7, 11) is 1.84. The van der Waals surface area contributed by atoms with Gasteiger partial charge in [0, 0.05) is 32.5 Å². The van der Waals surface area contributed by atoms with E-state index in [9.17, 15) is 14.4 Å². The number of rotatable bonds is 4. The molecule has 0 radical (unpaired) electrons. The third-order valence-corrected chi connectivity index (χ3v) is 8.93. The summed E-state index contributed by atoms with van der Waals surface area (Å²) in [5.74, 6) is -0.213. The lowest BCUT2D eigenvalue weighted by atomic mass is 9.89. The van der Waals surface area contributed by atoms with Crippen LogP contribution in [-0.4, -0.2) is 57.6 Å². The van der Waals surface area contributed by atoms with Gasteiger partial charge in [-0.15, -0.1) is 11.3 Å². The van der Waals surface area contributed by atoms with Crippen LogP contribution in [0.15, 0.2) is 30.5 Å². The first kappa shape index (κ1) is 26.1. The highest BCUT2D eigenvalue weighted by Crippen LogP contribution is 2.38. The van der Waals surface area contributed by atoms with Crippen LogP contribution in [0.3, 0.4) is 0 Å². The van der Waals surface area contributed by atoms with Gasteiger partial charge in [-0.2, -0.15) is 0 Å². The fourth-order valence-electron chi connectivity index (χ4n) is 5.41. The number of carbonyl (C=O) groups is 3. The summed E-state index contributed by atoms with van der Waals surface area (Å²) < 4.78 is 1.07. The molecule has 0 spiro atoms. The normalized spacial score (nSPS) is 22.1. The Hall–Kier alpha value is -3.53. The molecule has 3 atom stereocenters. The molecule has 200 valence electrons. The van der Waals surface area contributed by atoms with E-state index in [2.05, 4.69) is 23.3 Å². The number of fused-ring (bicyclic) bond motifs is 1. The summed E-state index contributed by atoms with van der Waals surface area (Å²) in [5.41, 5.74) is 9.01. The first-order valence-electron chi connectivity index (χ1n) is 13.2. The van der Waals surface area contributed by atoms with Gasteiger partial charge in [0.2, 0.25) is 5.91 Å². The summed E-state index contributed by atoms with van der Waals surface area (Å²) in [6, 6.07) is 7.69. The third-order valence-electron chi connectivity index (χ3n) is 7.73. The van der Waals surface area contributed by atoms with Crippen molar-refractivity contribution in [3.63, 3.8) is 0 Å². The Labute approximate surface area is 226 Å². The van der Waals surface area contributed by atoms with Gasteiger partial charge in [-0.25, -0.2) is 9.97 Å². The largest absolute Gasteiger partial charge is 0.383 e. The lowest BCUT2D eigenvalue weighted by molar-refractivity contribution is -0.146. The maximum atomic E-state index is 13.4. The summed E-state index contributed by atoms with van der Waals surface area (Å²) >= 11 is 1.64. The summed E-state index contributed by atoms with van der Waals surface area (Å²) in [6.07, 6.45) is 5.30. The quantitative estimate of drug-likeness (QED) is 0.486. The van der Waals surface area contributed by atoms with Gasteiger partial charge in [-0.3, -0.25) is 14.4 Å². The molecule has 4 heterocycles. The van der Waals surface area contributed by atoms with Gasteiger partial charge in [0.25, 0.3) is 0 Å². The lowest BCUT2D eigenvalue weighted by Gasteiger charge is -2.38. The number of aromatic nitrogens is 2. The Balaban J connectivity index is 1.36. The zero-order chi connectivity index (χ0) is 27.0. The van der Waals surface area contributed by atoms with Gasteiger partial charge in [0.15, 0.2) is 0 Å². The monoisotopic (exact) mass is 534 g/mol. The number of hydrogen-bond donors (Lipinski definition) is 2. The van der Waals surface area contributed by atoms with E-state index in [4.69, 9.17) is 10.7 Å². The number of piperidine rings is 2. The standard InChI is InChI=1S/C28H34N6O3S/c1-4-17-11-20(14-30-25(17)29)31-26(36)28(37)34-15-16(2)5-7-22(34)18-6-8-23-21(12-18)32-27(38-23)19-9-10-33(3)24(35)13-19/h6,8,11-12,14,16,19,22H,4-5,7,9-10,13,15H2,1-3H3,(H2,29,30)(H,31,36)/t16-,19?,22?/m0/s1. The second-order valence-corrected chi connectivity index (χ2v) is 11.6. The zero-order valence-electron chi connectivity index (χ0n) is 22.1. The lowest BCUT2D eigenvalue weighted by Crippen LogP contribution is -2.46. The first-order chi connectivity index (χ1) is 18.2. The molecular formula is C28H34N6O3S. The van der Waals surface area contributed by atoms with Crippen LogP contribution in [0, 0.1) is 5.92 Å².